The van der Waals surface area contributed by atoms with E-state index in [4.69, 9.17) is 0 Å². The summed E-state index contributed by atoms with van der Waals surface area (Å²) in [5.74, 6) is -1.01. The predicted octanol–water partition coefficient (Wildman–Crippen LogP) is 5.13. The number of carbonyl (C=O) groups is 2. The van der Waals surface area contributed by atoms with Crippen molar-refractivity contribution in [2.45, 2.75) is 33.7 Å². The third-order valence-corrected chi connectivity index (χ3v) is 10.1. The predicted molar refractivity (Wildman–Crippen MR) is 208 cm³/mol. The van der Waals surface area contributed by atoms with Crippen LogP contribution in [0, 0.1) is 36.7 Å². The molecule has 0 spiro atoms. The summed E-state index contributed by atoms with van der Waals surface area (Å²) in [5.41, 5.74) is 3.43. The number of anilines is 1. The van der Waals surface area contributed by atoms with Crippen LogP contribution in [-0.4, -0.2) is 68.0 Å². The molecule has 14 nitrogen and oxygen atoms in total. The second kappa shape index (κ2) is 15.4. The largest absolute Gasteiger partial charge is 0.353 e. The van der Waals surface area contributed by atoms with E-state index in [9.17, 15) is 29.3 Å². The summed E-state index contributed by atoms with van der Waals surface area (Å²) < 4.78 is 15.0. The van der Waals surface area contributed by atoms with Crippen LogP contribution in [-0.2, 0) is 13.0 Å². The molecule has 3 aromatic carbocycles. The maximum absolute atomic E-state index is 15.0. The number of hydrogen-bond acceptors (Lipinski definition) is 9. The van der Waals surface area contributed by atoms with Crippen molar-refractivity contribution in [1.82, 2.24) is 30.4 Å². The summed E-state index contributed by atoms with van der Waals surface area (Å²) in [6, 6.07) is 19.8. The van der Waals surface area contributed by atoms with Gasteiger partial charge in [-0.2, -0.15) is 5.10 Å². The van der Waals surface area contributed by atoms with Gasteiger partial charge in [-0.1, -0.05) is 24.3 Å². The molecule has 0 unspecified atom stereocenters. The first-order valence-electron chi connectivity index (χ1n) is 17.9. The minimum atomic E-state index is -0.633. The van der Waals surface area contributed by atoms with Crippen molar-refractivity contribution in [3.63, 3.8) is 0 Å². The lowest BCUT2D eigenvalue weighted by atomic mass is 9.98. The molecule has 3 N–H and O–H groups in total. The molecule has 0 aliphatic carbocycles. The number of piperazine rings is 1. The number of aromatic amines is 2. The molecule has 1 fully saturated rings. The Morgan fingerprint density at radius 1 is 0.893 bits per heavy atom. The third kappa shape index (κ3) is 7.51. The molecule has 2 amide bonds. The van der Waals surface area contributed by atoms with E-state index in [1.54, 1.807) is 73.5 Å². The summed E-state index contributed by atoms with van der Waals surface area (Å²) in [4.78, 5) is 74.0. The number of H-pyrrole nitrogens is 2. The Hall–Kier alpha value is -7.03. The SMILES string of the molecule is Cc1cc(C)c(CNC(=O)c2cc(-c3ccc(N4CCN(C(=O)c5cc(Cc6n[nH]c(=O)c7ccccc67)ccc5F)CC4)nc3)cc([N+](=O)[O-])c2C)c(=O)[nH]1. The number of aromatic nitrogens is 4. The van der Waals surface area contributed by atoms with Gasteiger partial charge in [-0.25, -0.2) is 14.5 Å². The Labute approximate surface area is 319 Å². The summed E-state index contributed by atoms with van der Waals surface area (Å²) in [7, 11) is 0. The van der Waals surface area contributed by atoms with E-state index in [0.29, 0.717) is 82.0 Å². The van der Waals surface area contributed by atoms with E-state index in [0.717, 1.165) is 0 Å². The van der Waals surface area contributed by atoms with Gasteiger partial charge in [-0.3, -0.25) is 29.3 Å². The van der Waals surface area contributed by atoms with Gasteiger partial charge in [-0.05, 0) is 79.9 Å². The van der Waals surface area contributed by atoms with Crippen molar-refractivity contribution < 1.29 is 18.9 Å². The minimum absolute atomic E-state index is 0.0497. The zero-order chi connectivity index (χ0) is 39.7. The van der Waals surface area contributed by atoms with E-state index in [-0.39, 0.29) is 46.5 Å². The van der Waals surface area contributed by atoms with Gasteiger partial charge in [0.15, 0.2) is 0 Å². The molecule has 56 heavy (non-hydrogen) atoms. The fourth-order valence-electron chi connectivity index (χ4n) is 7.05. The molecular weight excluding hydrogens is 719 g/mol. The molecule has 284 valence electrons. The molecule has 15 heteroatoms. The highest BCUT2D eigenvalue weighted by molar-refractivity contribution is 5.98. The molecule has 1 saturated heterocycles. The molecular formula is C41H37FN8O6. The Bertz CT molecular complexity index is 2650. The lowest BCUT2D eigenvalue weighted by molar-refractivity contribution is -0.385. The van der Waals surface area contributed by atoms with Gasteiger partial charge in [0.05, 0.1) is 21.6 Å². The number of amides is 2. The normalized spacial score (nSPS) is 12.9. The number of carbonyl (C=O) groups excluding carboxylic acids is 2. The number of hydrogen-bond donors (Lipinski definition) is 3. The van der Waals surface area contributed by atoms with Crippen molar-refractivity contribution in [2.24, 2.45) is 0 Å². The van der Waals surface area contributed by atoms with Crippen molar-refractivity contribution >= 4 is 34.1 Å². The lowest BCUT2D eigenvalue weighted by Crippen LogP contribution is -2.49. The Morgan fingerprint density at radius 2 is 1.64 bits per heavy atom. The molecule has 4 heterocycles. The van der Waals surface area contributed by atoms with Crippen molar-refractivity contribution in [3.8, 4) is 11.1 Å². The van der Waals surface area contributed by atoms with E-state index >= 15 is 4.39 Å². The smallest absolute Gasteiger partial charge is 0.273 e. The number of rotatable bonds is 9. The fraction of sp³-hybridized carbons (Fsp3) is 0.220. The molecule has 0 radical (unpaired) electrons. The van der Waals surface area contributed by atoms with E-state index in [2.05, 4.69) is 25.5 Å². The average molecular weight is 757 g/mol. The number of fused-ring (bicyclic) bond motifs is 1. The first-order valence-corrected chi connectivity index (χ1v) is 17.9. The monoisotopic (exact) mass is 756 g/mol. The number of pyridine rings is 2. The lowest BCUT2D eigenvalue weighted by Gasteiger charge is -2.35. The van der Waals surface area contributed by atoms with Crippen LogP contribution in [0.1, 0.15) is 54.4 Å². The van der Waals surface area contributed by atoms with Crippen LogP contribution in [0.15, 0.2) is 88.6 Å². The van der Waals surface area contributed by atoms with Crippen LogP contribution < -0.4 is 21.3 Å². The van der Waals surface area contributed by atoms with Crippen molar-refractivity contribution in [3.05, 3.63) is 160 Å². The van der Waals surface area contributed by atoms with Crippen molar-refractivity contribution in [1.29, 1.82) is 0 Å². The molecule has 1 aliphatic heterocycles. The number of halogens is 1. The topological polar surface area (TPSA) is 187 Å². The molecule has 6 aromatic rings. The Kier molecular flexibility index (Phi) is 10.2. The van der Waals surface area contributed by atoms with Crippen LogP contribution in [0.5, 0.6) is 0 Å². The zero-order valence-corrected chi connectivity index (χ0v) is 30.8. The number of nitro benzene ring substituents is 1. The summed E-state index contributed by atoms with van der Waals surface area (Å²) in [5, 5.41) is 22.6. The first-order chi connectivity index (χ1) is 26.9. The highest BCUT2D eigenvalue weighted by atomic mass is 19.1. The van der Waals surface area contributed by atoms with Crippen molar-refractivity contribution in [2.75, 3.05) is 31.1 Å². The van der Waals surface area contributed by atoms with Crippen LogP contribution in [0.4, 0.5) is 15.9 Å². The van der Waals surface area contributed by atoms with Crippen LogP contribution in [0.25, 0.3) is 21.9 Å². The number of benzene rings is 3. The molecule has 7 rings (SSSR count). The fourth-order valence-corrected chi connectivity index (χ4v) is 7.05. The van der Waals surface area contributed by atoms with Gasteiger partial charge < -0.3 is 20.1 Å². The molecule has 0 atom stereocenters. The molecule has 0 bridgehead atoms. The van der Waals surface area contributed by atoms with Crippen LogP contribution >= 0.6 is 0 Å². The van der Waals surface area contributed by atoms with Gasteiger partial charge in [-0.15, -0.1) is 0 Å². The highest BCUT2D eigenvalue weighted by Gasteiger charge is 2.26. The van der Waals surface area contributed by atoms with Gasteiger partial charge >= 0.3 is 0 Å². The maximum Gasteiger partial charge on any atom is 0.273 e. The Morgan fingerprint density at radius 3 is 2.34 bits per heavy atom. The van der Waals surface area contributed by atoms with Gasteiger partial charge in [0.25, 0.3) is 28.6 Å². The minimum Gasteiger partial charge on any atom is -0.353 e. The van der Waals surface area contributed by atoms with E-state index < -0.39 is 22.6 Å². The highest BCUT2D eigenvalue weighted by Crippen LogP contribution is 2.31. The Balaban J connectivity index is 1.03. The average Bonchev–Trinajstić information content (AvgIpc) is 3.19. The van der Waals surface area contributed by atoms with E-state index in [1.807, 2.05) is 11.0 Å². The van der Waals surface area contributed by atoms with Gasteiger partial charge in [0.1, 0.15) is 11.6 Å². The third-order valence-electron chi connectivity index (χ3n) is 10.1. The summed E-state index contributed by atoms with van der Waals surface area (Å²) in [6.07, 6.45) is 1.85. The number of aryl methyl sites for hydroxylation is 2. The second-order valence-electron chi connectivity index (χ2n) is 13.8. The van der Waals surface area contributed by atoms with Crippen LogP contribution in [0.3, 0.4) is 0 Å². The maximum atomic E-state index is 15.0. The number of nitrogens with one attached hydrogen (secondary N) is 3. The second-order valence-corrected chi connectivity index (χ2v) is 13.8. The standard InChI is InChI=1S/C41H37FN8O6/c1-23-16-24(2)45-39(52)33(23)22-44-38(51)31-19-28(20-36(25(31)3)50(55)56)27-9-11-37(43-21-27)48-12-14-49(15-13-48)41(54)32-17-26(8-10-34(32)42)18-35-29-6-4-5-7-30(29)40(53)47-46-35/h4-11,16-17,19-21H,12-15,18,22H2,1-3H3,(H,44,51)(H,45,52)(H,47,53). The number of nitro groups is 1. The summed E-state index contributed by atoms with van der Waals surface area (Å²) >= 11 is 0. The zero-order valence-electron chi connectivity index (χ0n) is 30.8. The van der Waals surface area contributed by atoms with Gasteiger partial charge in [0.2, 0.25) is 0 Å². The molecule has 0 saturated carbocycles. The summed E-state index contributed by atoms with van der Waals surface area (Å²) in [6.45, 7) is 6.47. The quantitative estimate of drug-likeness (QED) is 0.133. The number of nitrogens with zero attached hydrogens (tertiary/aromatic N) is 5. The molecule has 1 aliphatic rings. The molecule has 3 aromatic heterocycles. The first kappa shape index (κ1) is 37.3. The van der Waals surface area contributed by atoms with Gasteiger partial charge in [0, 0.05) is 84.7 Å². The van der Waals surface area contributed by atoms with E-state index in [1.165, 1.54) is 25.1 Å². The van der Waals surface area contributed by atoms with Crippen LogP contribution in [0.2, 0.25) is 0 Å².